The number of pyridine rings is 2. The van der Waals surface area contributed by atoms with Crippen molar-refractivity contribution in [3.05, 3.63) is 53.5 Å². The van der Waals surface area contributed by atoms with Crippen molar-refractivity contribution < 1.29 is 19.5 Å². The van der Waals surface area contributed by atoms with E-state index in [2.05, 4.69) is 20.6 Å². The Morgan fingerprint density at radius 2 is 1.96 bits per heavy atom. The number of aromatic carboxylic acids is 1. The number of nitrogens with one attached hydrogen (secondary N) is 2. The highest BCUT2D eigenvalue weighted by Gasteiger charge is 2.32. The number of carbonyl (C=O) groups excluding carboxylic acids is 2. The van der Waals surface area contributed by atoms with E-state index >= 15 is 0 Å². The van der Waals surface area contributed by atoms with Gasteiger partial charge in [-0.05, 0) is 31.2 Å². The van der Waals surface area contributed by atoms with Gasteiger partial charge in [-0.3, -0.25) is 14.6 Å². The minimum absolute atomic E-state index is 0.0128. The Labute approximate surface area is 146 Å². The van der Waals surface area contributed by atoms with Crippen molar-refractivity contribution in [2.24, 2.45) is 0 Å². The van der Waals surface area contributed by atoms with Gasteiger partial charge in [0.2, 0.25) is 0 Å². The van der Waals surface area contributed by atoms with Crippen molar-refractivity contribution in [3.63, 3.8) is 0 Å². The van der Waals surface area contributed by atoms with Crippen LogP contribution in [0.25, 0.3) is 10.8 Å². The molecule has 0 radical (unpaired) electrons. The SMILES string of the molecule is Cc1cc(Nc2nc3c(c4ccc(C(=O)O)cc24)NC(=O)C3=O)ccn1. The fraction of sp³-hybridized carbons (Fsp3) is 0.0556. The lowest BCUT2D eigenvalue weighted by Gasteiger charge is -2.12. The number of aromatic nitrogens is 2. The average Bonchev–Trinajstić information content (AvgIpc) is 2.90. The molecule has 0 saturated heterocycles. The number of hydrogen-bond acceptors (Lipinski definition) is 6. The van der Waals surface area contributed by atoms with Gasteiger partial charge >= 0.3 is 5.97 Å². The van der Waals surface area contributed by atoms with Crippen molar-refractivity contribution in [3.8, 4) is 0 Å². The van der Waals surface area contributed by atoms with Crippen molar-refractivity contribution in [1.82, 2.24) is 9.97 Å². The standard InChI is InChI=1S/C18H12N4O4/c1-8-6-10(4-5-19-8)20-16-12-7-9(18(25)26)2-3-11(12)13-14(21-16)15(23)17(24)22-13/h2-7H,1H3,(H,25,26)(H,19,20,21)(H,22,23,24). The van der Waals surface area contributed by atoms with Crippen molar-refractivity contribution in [2.45, 2.75) is 6.92 Å². The van der Waals surface area contributed by atoms with Crippen LogP contribution in [-0.4, -0.2) is 32.7 Å². The second-order valence-electron chi connectivity index (χ2n) is 5.84. The summed E-state index contributed by atoms with van der Waals surface area (Å²) in [6.07, 6.45) is 1.62. The van der Waals surface area contributed by atoms with E-state index < -0.39 is 17.7 Å². The average molecular weight is 348 g/mol. The van der Waals surface area contributed by atoms with E-state index in [0.717, 1.165) is 5.69 Å². The number of benzene rings is 1. The van der Waals surface area contributed by atoms with Crippen LogP contribution in [0.5, 0.6) is 0 Å². The van der Waals surface area contributed by atoms with E-state index in [-0.39, 0.29) is 17.1 Å². The number of aryl methyl sites for hydroxylation is 1. The molecule has 0 aliphatic carbocycles. The summed E-state index contributed by atoms with van der Waals surface area (Å²) in [4.78, 5) is 43.5. The summed E-state index contributed by atoms with van der Waals surface area (Å²) in [6, 6.07) is 7.94. The number of hydrogen-bond donors (Lipinski definition) is 3. The molecule has 2 aromatic heterocycles. The molecule has 1 aromatic carbocycles. The Balaban J connectivity index is 1.96. The van der Waals surface area contributed by atoms with Gasteiger partial charge in [-0.1, -0.05) is 6.07 Å². The third-order valence-electron chi connectivity index (χ3n) is 4.07. The number of carbonyl (C=O) groups is 3. The highest BCUT2D eigenvalue weighted by atomic mass is 16.4. The molecule has 3 aromatic rings. The molecular formula is C18H12N4O4. The minimum Gasteiger partial charge on any atom is -0.478 e. The smallest absolute Gasteiger partial charge is 0.335 e. The van der Waals surface area contributed by atoms with Gasteiger partial charge < -0.3 is 15.7 Å². The second kappa shape index (κ2) is 5.62. The lowest BCUT2D eigenvalue weighted by molar-refractivity contribution is -0.112. The molecule has 0 fully saturated rings. The Hall–Kier alpha value is -3.81. The Bertz CT molecular complexity index is 1120. The van der Waals surface area contributed by atoms with Crippen molar-refractivity contribution >= 4 is 45.6 Å². The monoisotopic (exact) mass is 348 g/mol. The summed E-state index contributed by atoms with van der Waals surface area (Å²) in [5, 5.41) is 15.9. The molecule has 3 heterocycles. The number of Topliss-reactive ketones (excluding diaryl/α,β-unsaturated/α-hetero) is 1. The van der Waals surface area contributed by atoms with Gasteiger partial charge in [-0.2, -0.15) is 0 Å². The predicted molar refractivity (Wildman–Crippen MR) is 93.9 cm³/mol. The first-order valence-corrected chi connectivity index (χ1v) is 7.70. The molecular weight excluding hydrogens is 336 g/mol. The highest BCUT2D eigenvalue weighted by molar-refractivity contribution is 6.52. The van der Waals surface area contributed by atoms with Crippen molar-refractivity contribution in [1.29, 1.82) is 0 Å². The molecule has 1 amide bonds. The van der Waals surface area contributed by atoms with Crippen LogP contribution in [-0.2, 0) is 4.79 Å². The number of fused-ring (bicyclic) bond motifs is 3. The second-order valence-corrected chi connectivity index (χ2v) is 5.84. The maximum atomic E-state index is 12.1. The van der Waals surface area contributed by atoms with Crippen LogP contribution in [0.4, 0.5) is 17.2 Å². The molecule has 4 rings (SSSR count). The van der Waals surface area contributed by atoms with E-state index in [1.165, 1.54) is 12.1 Å². The molecule has 0 bridgehead atoms. The van der Waals surface area contributed by atoms with Gasteiger partial charge in [0, 0.05) is 28.4 Å². The predicted octanol–water partition coefficient (Wildman–Crippen LogP) is 2.51. The third kappa shape index (κ3) is 2.44. The van der Waals surface area contributed by atoms with Gasteiger partial charge in [-0.25, -0.2) is 9.78 Å². The number of carboxylic acids is 1. The van der Waals surface area contributed by atoms with E-state index in [9.17, 15) is 19.5 Å². The zero-order chi connectivity index (χ0) is 18.4. The topological polar surface area (TPSA) is 121 Å². The van der Waals surface area contributed by atoms with Gasteiger partial charge in [-0.15, -0.1) is 0 Å². The normalized spacial score (nSPS) is 12.8. The molecule has 0 saturated carbocycles. The van der Waals surface area contributed by atoms with Gasteiger partial charge in [0.25, 0.3) is 11.7 Å². The maximum absolute atomic E-state index is 12.1. The lowest BCUT2D eigenvalue weighted by Crippen LogP contribution is -2.13. The molecule has 8 nitrogen and oxygen atoms in total. The van der Waals surface area contributed by atoms with Crippen LogP contribution in [0, 0.1) is 6.92 Å². The molecule has 0 atom stereocenters. The minimum atomic E-state index is -1.08. The first kappa shape index (κ1) is 15.7. The van der Waals surface area contributed by atoms with Gasteiger partial charge in [0.05, 0.1) is 11.3 Å². The summed E-state index contributed by atoms with van der Waals surface area (Å²) in [7, 11) is 0. The molecule has 3 N–H and O–H groups in total. The van der Waals surface area contributed by atoms with Gasteiger partial charge in [0.1, 0.15) is 11.5 Å². The molecule has 1 aliphatic heterocycles. The van der Waals surface area contributed by atoms with Crippen LogP contribution in [0.2, 0.25) is 0 Å². The summed E-state index contributed by atoms with van der Waals surface area (Å²) in [5.74, 6) is -2.28. The summed E-state index contributed by atoms with van der Waals surface area (Å²) >= 11 is 0. The van der Waals surface area contributed by atoms with Crippen molar-refractivity contribution in [2.75, 3.05) is 10.6 Å². The number of anilines is 3. The first-order valence-electron chi connectivity index (χ1n) is 7.70. The summed E-state index contributed by atoms with van der Waals surface area (Å²) in [5.41, 5.74) is 1.84. The van der Waals surface area contributed by atoms with Crippen LogP contribution >= 0.6 is 0 Å². The molecule has 0 spiro atoms. The quantitative estimate of drug-likeness (QED) is 0.622. The summed E-state index contributed by atoms with van der Waals surface area (Å²) < 4.78 is 0. The Morgan fingerprint density at radius 1 is 1.15 bits per heavy atom. The van der Waals surface area contributed by atoms with Crippen LogP contribution in [0.15, 0.2) is 36.5 Å². The lowest BCUT2D eigenvalue weighted by atomic mass is 10.0. The van der Waals surface area contributed by atoms with E-state index in [1.54, 1.807) is 24.4 Å². The number of ketones is 1. The maximum Gasteiger partial charge on any atom is 0.335 e. The molecule has 128 valence electrons. The number of nitrogens with zero attached hydrogens (tertiary/aromatic N) is 2. The number of carboxylic acid groups (broad SMARTS) is 1. The van der Waals surface area contributed by atoms with Gasteiger partial charge in [0.15, 0.2) is 0 Å². The molecule has 26 heavy (non-hydrogen) atoms. The first-order chi connectivity index (χ1) is 12.4. The summed E-state index contributed by atoms with van der Waals surface area (Å²) in [6.45, 7) is 1.83. The third-order valence-corrected chi connectivity index (χ3v) is 4.07. The largest absolute Gasteiger partial charge is 0.478 e. The zero-order valence-electron chi connectivity index (χ0n) is 13.5. The molecule has 1 aliphatic rings. The Kier molecular flexibility index (Phi) is 3.40. The number of amides is 1. The Morgan fingerprint density at radius 3 is 2.69 bits per heavy atom. The van der Waals surface area contributed by atoms with E-state index in [1.807, 2.05) is 6.92 Å². The fourth-order valence-electron chi connectivity index (χ4n) is 2.87. The van der Waals surface area contributed by atoms with E-state index in [0.29, 0.717) is 22.1 Å². The zero-order valence-corrected chi connectivity index (χ0v) is 13.5. The van der Waals surface area contributed by atoms with E-state index in [4.69, 9.17) is 0 Å². The molecule has 8 heteroatoms. The van der Waals surface area contributed by atoms with Crippen LogP contribution < -0.4 is 10.6 Å². The van der Waals surface area contributed by atoms with Crippen LogP contribution in [0.3, 0.4) is 0 Å². The highest BCUT2D eigenvalue weighted by Crippen LogP contribution is 2.36. The molecule has 0 unspecified atom stereocenters. The fourth-order valence-corrected chi connectivity index (χ4v) is 2.87. The number of rotatable bonds is 3. The van der Waals surface area contributed by atoms with Crippen LogP contribution in [0.1, 0.15) is 26.5 Å².